The predicted octanol–water partition coefficient (Wildman–Crippen LogP) is 0.928. The molecule has 7 nitrogen and oxygen atoms in total. The minimum atomic E-state index is -0.679. The number of carbonyl (C=O) groups excluding carboxylic acids is 2. The summed E-state index contributed by atoms with van der Waals surface area (Å²) in [5.41, 5.74) is 6.06. The number of aromatic nitrogens is 2. The van der Waals surface area contributed by atoms with Crippen molar-refractivity contribution in [3.63, 3.8) is 0 Å². The van der Waals surface area contributed by atoms with Crippen molar-refractivity contribution in [2.45, 2.75) is 19.0 Å². The molecule has 1 fully saturated rings. The van der Waals surface area contributed by atoms with Crippen molar-refractivity contribution in [1.82, 2.24) is 14.9 Å². The minimum absolute atomic E-state index is 0.0358. The van der Waals surface area contributed by atoms with Crippen molar-refractivity contribution in [3.8, 4) is 0 Å². The van der Waals surface area contributed by atoms with E-state index in [9.17, 15) is 14.0 Å². The predicted molar refractivity (Wildman–Crippen MR) is 84.4 cm³/mol. The van der Waals surface area contributed by atoms with Crippen LogP contribution in [0.15, 0.2) is 36.7 Å². The van der Waals surface area contributed by atoms with Gasteiger partial charge in [0.15, 0.2) is 0 Å². The molecular formula is C16H16FN5O2. The summed E-state index contributed by atoms with van der Waals surface area (Å²) in [6, 6.07) is 5.62. The lowest BCUT2D eigenvalue weighted by Gasteiger charge is -2.17. The highest BCUT2D eigenvalue weighted by Gasteiger charge is 2.31. The highest BCUT2D eigenvalue weighted by Crippen LogP contribution is 2.18. The third kappa shape index (κ3) is 3.48. The van der Waals surface area contributed by atoms with E-state index in [0.29, 0.717) is 25.3 Å². The van der Waals surface area contributed by atoms with Gasteiger partial charge in [-0.15, -0.1) is 0 Å². The Balaban J connectivity index is 1.64. The fourth-order valence-corrected chi connectivity index (χ4v) is 2.57. The van der Waals surface area contributed by atoms with Gasteiger partial charge in [-0.25, -0.2) is 9.37 Å². The van der Waals surface area contributed by atoms with Gasteiger partial charge in [0.1, 0.15) is 23.4 Å². The average molecular weight is 329 g/mol. The zero-order valence-electron chi connectivity index (χ0n) is 12.8. The van der Waals surface area contributed by atoms with Crippen molar-refractivity contribution in [2.24, 2.45) is 5.73 Å². The van der Waals surface area contributed by atoms with E-state index in [4.69, 9.17) is 5.73 Å². The molecule has 0 spiro atoms. The van der Waals surface area contributed by atoms with Crippen LogP contribution in [0, 0.1) is 5.82 Å². The summed E-state index contributed by atoms with van der Waals surface area (Å²) in [5, 5.41) is 2.98. The lowest BCUT2D eigenvalue weighted by molar-refractivity contribution is -0.128. The summed E-state index contributed by atoms with van der Waals surface area (Å²) < 4.78 is 12.9. The standard InChI is InChI=1S/C16H16FN5O2/c17-11-3-1-10(2-4-11)9-22-6-5-12(16(22)24)20-14-8-19-7-13(21-14)15(18)23/h1-4,7-8,12H,5-6,9H2,(H2,18,23)(H,20,21). The molecule has 1 aromatic carbocycles. The second-order valence-electron chi connectivity index (χ2n) is 5.53. The number of halogens is 1. The van der Waals surface area contributed by atoms with Crippen LogP contribution in [0.2, 0.25) is 0 Å². The number of anilines is 1. The van der Waals surface area contributed by atoms with E-state index in [1.165, 1.54) is 24.5 Å². The highest BCUT2D eigenvalue weighted by molar-refractivity contribution is 5.91. The lowest BCUT2D eigenvalue weighted by Crippen LogP contribution is -2.33. The molecule has 124 valence electrons. The molecule has 1 unspecified atom stereocenters. The van der Waals surface area contributed by atoms with E-state index in [-0.39, 0.29) is 17.4 Å². The maximum absolute atomic E-state index is 12.9. The fourth-order valence-electron chi connectivity index (χ4n) is 2.57. The molecule has 1 atom stereocenters. The van der Waals surface area contributed by atoms with E-state index in [1.54, 1.807) is 17.0 Å². The first-order valence-corrected chi connectivity index (χ1v) is 7.44. The number of benzene rings is 1. The van der Waals surface area contributed by atoms with Gasteiger partial charge in [0.25, 0.3) is 5.91 Å². The Bertz CT molecular complexity index is 765. The van der Waals surface area contributed by atoms with E-state index in [0.717, 1.165) is 5.56 Å². The van der Waals surface area contributed by atoms with Crippen LogP contribution in [0.3, 0.4) is 0 Å². The van der Waals surface area contributed by atoms with Gasteiger partial charge >= 0.3 is 0 Å². The third-order valence-electron chi connectivity index (χ3n) is 3.79. The molecule has 3 N–H and O–H groups in total. The number of nitrogens with two attached hydrogens (primary N) is 1. The highest BCUT2D eigenvalue weighted by atomic mass is 19.1. The first kappa shape index (κ1) is 15.9. The second-order valence-corrected chi connectivity index (χ2v) is 5.53. The Hall–Kier alpha value is -3.03. The van der Waals surface area contributed by atoms with Crippen LogP contribution in [0.1, 0.15) is 22.5 Å². The van der Waals surface area contributed by atoms with Crippen molar-refractivity contribution in [2.75, 3.05) is 11.9 Å². The molecule has 2 aromatic rings. The van der Waals surface area contributed by atoms with Crippen LogP contribution >= 0.6 is 0 Å². The quantitative estimate of drug-likeness (QED) is 0.850. The van der Waals surface area contributed by atoms with E-state index in [1.807, 2.05) is 0 Å². The molecular weight excluding hydrogens is 313 g/mol. The molecule has 0 saturated carbocycles. The molecule has 0 aliphatic carbocycles. The molecule has 1 aliphatic heterocycles. The van der Waals surface area contributed by atoms with E-state index >= 15 is 0 Å². The van der Waals surface area contributed by atoms with Crippen LogP contribution in [0.5, 0.6) is 0 Å². The normalized spacial score (nSPS) is 17.1. The van der Waals surface area contributed by atoms with Crippen molar-refractivity contribution >= 4 is 17.6 Å². The molecule has 3 rings (SSSR count). The molecule has 1 aromatic heterocycles. The Morgan fingerprint density at radius 1 is 1.33 bits per heavy atom. The maximum atomic E-state index is 12.9. The molecule has 2 amide bonds. The number of amides is 2. The van der Waals surface area contributed by atoms with Gasteiger partial charge in [-0.1, -0.05) is 12.1 Å². The van der Waals surface area contributed by atoms with Gasteiger partial charge in [-0.05, 0) is 24.1 Å². The smallest absolute Gasteiger partial charge is 0.268 e. The Kier molecular flexibility index (Phi) is 4.37. The number of carbonyl (C=O) groups is 2. The third-order valence-corrected chi connectivity index (χ3v) is 3.79. The SMILES string of the molecule is NC(=O)c1cncc(NC2CCN(Cc3ccc(F)cc3)C2=O)n1. The lowest BCUT2D eigenvalue weighted by atomic mass is 10.2. The van der Waals surface area contributed by atoms with Crippen molar-refractivity contribution in [1.29, 1.82) is 0 Å². The molecule has 0 bridgehead atoms. The average Bonchev–Trinajstić information content (AvgIpc) is 2.90. The molecule has 1 aliphatic rings. The minimum Gasteiger partial charge on any atom is -0.364 e. The summed E-state index contributed by atoms with van der Waals surface area (Å²) in [5.74, 6) is -0.736. The summed E-state index contributed by atoms with van der Waals surface area (Å²) in [6.45, 7) is 1.00. The Morgan fingerprint density at radius 3 is 2.79 bits per heavy atom. The summed E-state index contributed by atoms with van der Waals surface area (Å²) >= 11 is 0. The van der Waals surface area contributed by atoms with Gasteiger partial charge in [-0.2, -0.15) is 0 Å². The monoisotopic (exact) mass is 329 g/mol. The van der Waals surface area contributed by atoms with Crippen LogP contribution in [-0.2, 0) is 11.3 Å². The molecule has 24 heavy (non-hydrogen) atoms. The van der Waals surface area contributed by atoms with Crippen LogP contribution in [0.25, 0.3) is 0 Å². The topological polar surface area (TPSA) is 101 Å². The second kappa shape index (κ2) is 6.61. The largest absolute Gasteiger partial charge is 0.364 e. The fraction of sp³-hybridized carbons (Fsp3) is 0.250. The number of rotatable bonds is 5. The molecule has 0 radical (unpaired) electrons. The number of hydrogen-bond donors (Lipinski definition) is 2. The van der Waals surface area contributed by atoms with Gasteiger partial charge in [0.2, 0.25) is 5.91 Å². The number of primary amides is 1. The van der Waals surface area contributed by atoms with Crippen molar-refractivity contribution < 1.29 is 14.0 Å². The molecule has 1 saturated heterocycles. The number of likely N-dealkylation sites (tertiary alicyclic amines) is 1. The van der Waals surface area contributed by atoms with E-state index < -0.39 is 11.9 Å². The van der Waals surface area contributed by atoms with Gasteiger partial charge in [0, 0.05) is 13.1 Å². The summed E-state index contributed by atoms with van der Waals surface area (Å²) in [4.78, 5) is 33.2. The van der Waals surface area contributed by atoms with Gasteiger partial charge < -0.3 is 16.0 Å². The van der Waals surface area contributed by atoms with E-state index in [2.05, 4.69) is 15.3 Å². The van der Waals surface area contributed by atoms with Crippen LogP contribution < -0.4 is 11.1 Å². The van der Waals surface area contributed by atoms with Gasteiger partial charge in [0.05, 0.1) is 12.4 Å². The number of nitrogens with zero attached hydrogens (tertiary/aromatic N) is 3. The Labute approximate surface area is 137 Å². The van der Waals surface area contributed by atoms with Gasteiger partial charge in [-0.3, -0.25) is 14.6 Å². The zero-order chi connectivity index (χ0) is 17.1. The van der Waals surface area contributed by atoms with Crippen LogP contribution in [0.4, 0.5) is 10.2 Å². The first-order valence-electron chi connectivity index (χ1n) is 7.44. The summed E-state index contributed by atoms with van der Waals surface area (Å²) in [7, 11) is 0. The number of hydrogen-bond acceptors (Lipinski definition) is 5. The maximum Gasteiger partial charge on any atom is 0.268 e. The molecule has 2 heterocycles. The van der Waals surface area contributed by atoms with Crippen LogP contribution in [-0.4, -0.2) is 39.3 Å². The number of nitrogens with one attached hydrogen (secondary N) is 1. The Morgan fingerprint density at radius 2 is 2.08 bits per heavy atom. The molecule has 8 heteroatoms. The van der Waals surface area contributed by atoms with Crippen molar-refractivity contribution in [3.05, 3.63) is 53.7 Å². The zero-order valence-corrected chi connectivity index (χ0v) is 12.8. The summed E-state index contributed by atoms with van der Waals surface area (Å²) in [6.07, 6.45) is 3.30. The first-order chi connectivity index (χ1) is 11.5.